The monoisotopic (exact) mass is 400 g/mol. The van der Waals surface area contributed by atoms with E-state index in [-0.39, 0.29) is 16.5 Å². The zero-order valence-corrected chi connectivity index (χ0v) is 16.8. The number of hydrogen-bond acceptors (Lipinski definition) is 5. The van der Waals surface area contributed by atoms with Gasteiger partial charge in [0.25, 0.3) is 5.56 Å². The van der Waals surface area contributed by atoms with Crippen LogP contribution in [0, 0.1) is 5.92 Å². The van der Waals surface area contributed by atoms with Gasteiger partial charge in [0.1, 0.15) is 5.39 Å². The fraction of sp³-hybridized carbons (Fsp3) is 0.400. The molecule has 0 spiro atoms. The summed E-state index contributed by atoms with van der Waals surface area (Å²) in [6.45, 7) is 2.24. The van der Waals surface area contributed by atoms with Gasteiger partial charge in [0.05, 0.1) is 16.5 Å². The first kappa shape index (κ1) is 18.7. The molecular weight excluding hydrogens is 376 g/mol. The van der Waals surface area contributed by atoms with Gasteiger partial charge in [-0.05, 0) is 49.1 Å². The molecule has 0 unspecified atom stereocenters. The lowest BCUT2D eigenvalue weighted by Crippen LogP contribution is -2.22. The number of nitrogens with one attached hydrogen (secondary N) is 2. The fourth-order valence-corrected chi connectivity index (χ4v) is 4.65. The smallest absolute Gasteiger partial charge is 0.261 e. The molecule has 28 heavy (non-hydrogen) atoms. The molecule has 0 radical (unpaired) electrons. The summed E-state index contributed by atoms with van der Waals surface area (Å²) in [7, 11) is -3.25. The van der Waals surface area contributed by atoms with Crippen LogP contribution in [0.3, 0.4) is 0 Å². The van der Waals surface area contributed by atoms with Crippen molar-refractivity contribution in [3.8, 4) is 0 Å². The van der Waals surface area contributed by atoms with Gasteiger partial charge < -0.3 is 10.3 Å². The summed E-state index contributed by atoms with van der Waals surface area (Å²) >= 11 is 0. The maximum Gasteiger partial charge on any atom is 0.261 e. The molecule has 2 aromatic heterocycles. The highest BCUT2D eigenvalue weighted by atomic mass is 32.2. The number of rotatable bonds is 4. The van der Waals surface area contributed by atoms with Crippen LogP contribution in [0.15, 0.2) is 46.2 Å². The Kier molecular flexibility index (Phi) is 4.74. The van der Waals surface area contributed by atoms with Gasteiger partial charge in [0, 0.05) is 18.1 Å². The molecule has 0 saturated heterocycles. The lowest BCUT2D eigenvalue weighted by molar-refractivity contribution is 0.246. The second kappa shape index (κ2) is 7.09. The molecule has 2 heterocycles. The van der Waals surface area contributed by atoms with E-state index in [4.69, 9.17) is 5.10 Å². The van der Waals surface area contributed by atoms with Crippen LogP contribution in [0.4, 0.5) is 11.5 Å². The molecular formula is C20H24N4O3S. The van der Waals surface area contributed by atoms with Gasteiger partial charge in [0.15, 0.2) is 15.7 Å². The molecule has 7 nitrogen and oxygen atoms in total. The molecule has 1 aliphatic carbocycles. The molecule has 1 fully saturated rings. The highest BCUT2D eigenvalue weighted by molar-refractivity contribution is 7.90. The molecule has 2 N–H and O–H groups in total. The predicted molar refractivity (Wildman–Crippen MR) is 110 cm³/mol. The van der Waals surface area contributed by atoms with Crippen LogP contribution in [-0.4, -0.2) is 29.4 Å². The number of pyridine rings is 1. The number of nitrogens with zero attached hydrogens (tertiary/aromatic N) is 2. The molecule has 0 amide bonds. The Hall–Kier alpha value is -2.61. The topological polar surface area (TPSA) is 96.8 Å². The first-order chi connectivity index (χ1) is 13.3. The molecule has 1 aromatic carbocycles. The van der Waals surface area contributed by atoms with Crippen LogP contribution in [0.25, 0.3) is 10.9 Å². The van der Waals surface area contributed by atoms with Gasteiger partial charge in [-0.2, -0.15) is 5.10 Å². The van der Waals surface area contributed by atoms with Gasteiger partial charge in [-0.1, -0.05) is 19.8 Å². The second-order valence-corrected chi connectivity index (χ2v) is 9.63. The summed E-state index contributed by atoms with van der Waals surface area (Å²) < 4.78 is 25.3. The number of anilines is 2. The lowest BCUT2D eigenvalue weighted by atomic mass is 9.86. The molecule has 2 atom stereocenters. The van der Waals surface area contributed by atoms with Crippen LogP contribution in [-0.2, 0) is 9.84 Å². The molecule has 3 aromatic rings. The van der Waals surface area contributed by atoms with E-state index >= 15 is 0 Å². The van der Waals surface area contributed by atoms with Gasteiger partial charge in [-0.3, -0.25) is 9.48 Å². The highest BCUT2D eigenvalue weighted by Gasteiger charge is 2.27. The quantitative estimate of drug-likeness (QED) is 0.697. The Morgan fingerprint density at radius 2 is 1.86 bits per heavy atom. The summed E-state index contributed by atoms with van der Waals surface area (Å²) in [6, 6.07) is 8.61. The maximum atomic E-state index is 12.5. The van der Waals surface area contributed by atoms with Crippen molar-refractivity contribution in [3.63, 3.8) is 0 Å². The van der Waals surface area contributed by atoms with Crippen molar-refractivity contribution in [2.75, 3.05) is 11.6 Å². The van der Waals surface area contributed by atoms with Crippen LogP contribution >= 0.6 is 0 Å². The molecule has 4 rings (SSSR count). The molecule has 148 valence electrons. The van der Waals surface area contributed by atoms with E-state index in [1.807, 2.05) is 10.7 Å². The van der Waals surface area contributed by atoms with Crippen molar-refractivity contribution in [2.24, 2.45) is 5.92 Å². The minimum atomic E-state index is -3.25. The van der Waals surface area contributed by atoms with Crippen molar-refractivity contribution in [1.82, 2.24) is 14.8 Å². The Bertz CT molecular complexity index is 1160. The molecule has 1 saturated carbocycles. The summed E-state index contributed by atoms with van der Waals surface area (Å²) in [6.07, 6.45) is 7.43. The first-order valence-corrected chi connectivity index (χ1v) is 11.4. The van der Waals surface area contributed by atoms with Crippen LogP contribution in [0.2, 0.25) is 0 Å². The van der Waals surface area contributed by atoms with Crippen LogP contribution < -0.4 is 10.9 Å². The van der Waals surface area contributed by atoms with E-state index < -0.39 is 9.84 Å². The Morgan fingerprint density at radius 1 is 1.14 bits per heavy atom. The van der Waals surface area contributed by atoms with E-state index in [9.17, 15) is 13.2 Å². The largest absolute Gasteiger partial charge is 0.338 e. The van der Waals surface area contributed by atoms with Gasteiger partial charge >= 0.3 is 0 Å². The van der Waals surface area contributed by atoms with Crippen LogP contribution in [0.5, 0.6) is 0 Å². The minimum absolute atomic E-state index is 0.192. The summed E-state index contributed by atoms with van der Waals surface area (Å²) in [4.78, 5) is 15.5. The van der Waals surface area contributed by atoms with Gasteiger partial charge in [0.2, 0.25) is 0 Å². The molecule has 0 aliphatic heterocycles. The van der Waals surface area contributed by atoms with Crippen molar-refractivity contribution in [3.05, 3.63) is 46.9 Å². The lowest BCUT2D eigenvalue weighted by Gasteiger charge is -2.29. The van der Waals surface area contributed by atoms with E-state index in [1.165, 1.54) is 12.7 Å². The Labute approximate surface area is 163 Å². The molecule has 1 aliphatic rings. The average molecular weight is 401 g/mol. The zero-order valence-electron chi connectivity index (χ0n) is 16.0. The first-order valence-electron chi connectivity index (χ1n) is 9.51. The summed E-state index contributed by atoms with van der Waals surface area (Å²) in [5.41, 5.74) is 1.30. The molecule has 0 bridgehead atoms. The zero-order chi connectivity index (χ0) is 19.9. The highest BCUT2D eigenvalue weighted by Crippen LogP contribution is 2.36. The van der Waals surface area contributed by atoms with E-state index in [2.05, 4.69) is 17.2 Å². The number of benzene rings is 1. The Balaban J connectivity index is 1.76. The summed E-state index contributed by atoms with van der Waals surface area (Å²) in [5, 5.41) is 8.47. The number of H-pyrrole nitrogens is 1. The van der Waals surface area contributed by atoms with Gasteiger partial charge in [-0.25, -0.2) is 8.42 Å². The predicted octanol–water partition coefficient (Wildman–Crippen LogP) is 3.62. The SMILES string of the molecule is C[C@H]1CCCC[C@@H]1n1nc(Nc2ccc(S(C)(=O)=O)cc2)c2c(=O)[nH]ccc21. The maximum absolute atomic E-state index is 12.5. The number of aromatic amines is 1. The Morgan fingerprint density at radius 3 is 2.54 bits per heavy atom. The number of fused-ring (bicyclic) bond motifs is 1. The fourth-order valence-electron chi connectivity index (χ4n) is 4.02. The third-order valence-corrected chi connectivity index (χ3v) is 6.68. The van der Waals surface area contributed by atoms with Crippen molar-refractivity contribution in [1.29, 1.82) is 0 Å². The average Bonchev–Trinajstić information content (AvgIpc) is 3.01. The number of aromatic nitrogens is 3. The standard InChI is InChI=1S/C20H24N4O3S/c1-13-5-3-4-6-16(13)24-17-11-12-21-20(25)18(17)19(23-24)22-14-7-9-15(10-8-14)28(2,26)27/h7-13,16H,3-6H2,1-2H3,(H,21,25)(H,22,23)/t13-,16-/m0/s1. The van der Waals surface area contributed by atoms with Crippen LogP contribution in [0.1, 0.15) is 38.6 Å². The summed E-state index contributed by atoms with van der Waals surface area (Å²) in [5.74, 6) is 0.986. The third kappa shape index (κ3) is 3.44. The van der Waals surface area contributed by atoms with Crippen molar-refractivity contribution < 1.29 is 8.42 Å². The van der Waals surface area contributed by atoms with E-state index in [0.717, 1.165) is 24.8 Å². The minimum Gasteiger partial charge on any atom is -0.338 e. The third-order valence-electron chi connectivity index (χ3n) is 5.56. The van der Waals surface area contributed by atoms with Crippen molar-refractivity contribution in [2.45, 2.75) is 43.5 Å². The normalized spacial score (nSPS) is 20.4. The number of hydrogen-bond donors (Lipinski definition) is 2. The van der Waals surface area contributed by atoms with E-state index in [0.29, 0.717) is 22.8 Å². The van der Waals surface area contributed by atoms with Gasteiger partial charge in [-0.15, -0.1) is 0 Å². The van der Waals surface area contributed by atoms with Crippen molar-refractivity contribution >= 4 is 32.2 Å². The van der Waals surface area contributed by atoms with E-state index in [1.54, 1.807) is 30.5 Å². The molecule has 8 heteroatoms. The number of sulfone groups is 1. The second-order valence-electron chi connectivity index (χ2n) is 7.61.